The minimum Gasteiger partial charge on any atom is -0.348 e. The van der Waals surface area contributed by atoms with Gasteiger partial charge in [0.05, 0.1) is 5.69 Å². The zero-order chi connectivity index (χ0) is 16.0. The van der Waals surface area contributed by atoms with Crippen LogP contribution in [-0.2, 0) is 19.6 Å². The summed E-state index contributed by atoms with van der Waals surface area (Å²) in [5.41, 5.74) is 3.33. The Morgan fingerprint density at radius 3 is 3.13 bits per heavy atom. The summed E-state index contributed by atoms with van der Waals surface area (Å²) in [4.78, 5) is 16.8. The minimum atomic E-state index is -0.0345. The zero-order valence-electron chi connectivity index (χ0n) is 13.4. The smallest absolute Gasteiger partial charge is 0.252 e. The number of hydrogen-bond acceptors (Lipinski definition) is 5. The Hall–Kier alpha value is -2.28. The Kier molecular flexibility index (Phi) is 3.37. The molecule has 2 aliphatic heterocycles. The third kappa shape index (κ3) is 2.23. The maximum atomic E-state index is 12.1. The average Bonchev–Trinajstić information content (AvgIpc) is 3.13. The van der Waals surface area contributed by atoms with Gasteiger partial charge >= 0.3 is 0 Å². The molecular formula is C16H20N6O. The number of hydrogen-bond donors (Lipinski definition) is 2. The molecule has 1 amide bonds. The van der Waals surface area contributed by atoms with Crippen LogP contribution >= 0.6 is 0 Å². The van der Waals surface area contributed by atoms with E-state index in [2.05, 4.69) is 32.3 Å². The van der Waals surface area contributed by atoms with E-state index >= 15 is 0 Å². The molecule has 1 atom stereocenters. The van der Waals surface area contributed by atoms with Gasteiger partial charge in [0.25, 0.3) is 5.91 Å². The average molecular weight is 312 g/mol. The van der Waals surface area contributed by atoms with Gasteiger partial charge in [0, 0.05) is 36.7 Å². The first-order valence-electron chi connectivity index (χ1n) is 8.08. The summed E-state index contributed by atoms with van der Waals surface area (Å²) >= 11 is 0. The maximum Gasteiger partial charge on any atom is 0.252 e. The van der Waals surface area contributed by atoms with Crippen molar-refractivity contribution in [3.05, 3.63) is 28.7 Å². The number of fused-ring (bicyclic) bond motifs is 2. The largest absolute Gasteiger partial charge is 0.348 e. The molecular weight excluding hydrogens is 292 g/mol. The van der Waals surface area contributed by atoms with Crippen molar-refractivity contribution in [2.45, 2.75) is 45.3 Å². The van der Waals surface area contributed by atoms with Gasteiger partial charge in [-0.25, -0.2) is 4.98 Å². The SMILES string of the molecule is CNCc1nc(-c2nnc3n2CCCC3C)cc2c1CNC2=O. The number of amides is 1. The number of aromatic nitrogens is 4. The zero-order valence-corrected chi connectivity index (χ0v) is 13.4. The van der Waals surface area contributed by atoms with Gasteiger partial charge in [-0.05, 0) is 26.0 Å². The van der Waals surface area contributed by atoms with Gasteiger partial charge in [0.15, 0.2) is 5.82 Å². The van der Waals surface area contributed by atoms with E-state index in [1.165, 1.54) is 0 Å². The summed E-state index contributed by atoms with van der Waals surface area (Å²) in [6.45, 7) is 4.27. The lowest BCUT2D eigenvalue weighted by atomic mass is 10.0. The summed E-state index contributed by atoms with van der Waals surface area (Å²) in [5.74, 6) is 2.17. The molecule has 0 aromatic carbocycles. The molecule has 4 rings (SSSR count). The molecule has 0 fully saturated rings. The highest BCUT2D eigenvalue weighted by atomic mass is 16.1. The molecule has 2 aromatic heterocycles. The topological polar surface area (TPSA) is 84.7 Å². The van der Waals surface area contributed by atoms with Gasteiger partial charge in [-0.15, -0.1) is 10.2 Å². The fourth-order valence-electron chi connectivity index (χ4n) is 3.49. The Balaban J connectivity index is 1.85. The van der Waals surface area contributed by atoms with Crippen molar-refractivity contribution in [3.8, 4) is 11.5 Å². The number of nitrogens with one attached hydrogen (secondary N) is 2. The summed E-state index contributed by atoms with van der Waals surface area (Å²) in [6.07, 6.45) is 2.26. The lowest BCUT2D eigenvalue weighted by Gasteiger charge is -2.20. The molecule has 7 heteroatoms. The Bertz CT molecular complexity index is 781. The molecule has 4 heterocycles. The fourth-order valence-corrected chi connectivity index (χ4v) is 3.49. The number of nitrogens with zero attached hydrogens (tertiary/aromatic N) is 4. The van der Waals surface area contributed by atoms with Crippen LogP contribution in [0.3, 0.4) is 0 Å². The lowest BCUT2D eigenvalue weighted by molar-refractivity contribution is 0.0965. The normalized spacial score (nSPS) is 19.4. The van der Waals surface area contributed by atoms with E-state index in [0.29, 0.717) is 24.6 Å². The fraction of sp³-hybridized carbons (Fsp3) is 0.500. The maximum absolute atomic E-state index is 12.1. The summed E-state index contributed by atoms with van der Waals surface area (Å²) in [5, 5.41) is 14.7. The number of pyridine rings is 1. The van der Waals surface area contributed by atoms with Gasteiger partial charge in [-0.3, -0.25) is 4.79 Å². The predicted molar refractivity (Wildman–Crippen MR) is 84.8 cm³/mol. The van der Waals surface area contributed by atoms with Crippen molar-refractivity contribution >= 4 is 5.91 Å². The molecule has 7 nitrogen and oxygen atoms in total. The van der Waals surface area contributed by atoms with Gasteiger partial charge in [-0.2, -0.15) is 0 Å². The molecule has 0 saturated carbocycles. The first kappa shape index (κ1) is 14.3. The van der Waals surface area contributed by atoms with Crippen LogP contribution in [0.25, 0.3) is 11.5 Å². The monoisotopic (exact) mass is 312 g/mol. The Morgan fingerprint density at radius 1 is 1.43 bits per heavy atom. The van der Waals surface area contributed by atoms with Crippen LogP contribution in [0.4, 0.5) is 0 Å². The van der Waals surface area contributed by atoms with Gasteiger partial charge in [-0.1, -0.05) is 6.92 Å². The van der Waals surface area contributed by atoms with E-state index in [9.17, 15) is 4.79 Å². The van der Waals surface area contributed by atoms with E-state index in [1.807, 2.05) is 13.1 Å². The van der Waals surface area contributed by atoms with E-state index in [0.717, 1.165) is 48.0 Å². The molecule has 2 aromatic rings. The lowest BCUT2D eigenvalue weighted by Crippen LogP contribution is -2.16. The van der Waals surface area contributed by atoms with Crippen LogP contribution in [0.5, 0.6) is 0 Å². The van der Waals surface area contributed by atoms with Crippen molar-refractivity contribution in [3.63, 3.8) is 0 Å². The van der Waals surface area contributed by atoms with Crippen molar-refractivity contribution in [2.75, 3.05) is 7.05 Å². The number of carbonyl (C=O) groups is 1. The van der Waals surface area contributed by atoms with Crippen molar-refractivity contribution < 1.29 is 4.79 Å². The van der Waals surface area contributed by atoms with Gasteiger partial charge in [0.1, 0.15) is 11.5 Å². The highest BCUT2D eigenvalue weighted by Gasteiger charge is 2.27. The molecule has 2 N–H and O–H groups in total. The Morgan fingerprint density at radius 2 is 2.30 bits per heavy atom. The minimum absolute atomic E-state index is 0.0345. The molecule has 0 radical (unpaired) electrons. The third-order valence-electron chi connectivity index (χ3n) is 4.69. The standard InChI is InChI=1S/C16H20N6O/c1-9-4-3-5-22-14(9)20-21-15(22)12-6-10-11(7-18-16(10)23)13(19-12)8-17-2/h6,9,17H,3-5,7-8H2,1-2H3,(H,18,23). The first-order chi connectivity index (χ1) is 11.2. The van der Waals surface area contributed by atoms with Crippen LogP contribution in [-0.4, -0.2) is 32.7 Å². The van der Waals surface area contributed by atoms with Crippen molar-refractivity contribution in [2.24, 2.45) is 0 Å². The Labute approximate surface area is 134 Å². The molecule has 1 unspecified atom stereocenters. The summed E-state index contributed by atoms with van der Waals surface area (Å²) in [7, 11) is 1.88. The molecule has 0 spiro atoms. The van der Waals surface area contributed by atoms with Gasteiger partial charge < -0.3 is 15.2 Å². The second-order valence-electron chi connectivity index (χ2n) is 6.27. The second-order valence-corrected chi connectivity index (χ2v) is 6.27. The van der Waals surface area contributed by atoms with Crippen LogP contribution < -0.4 is 10.6 Å². The van der Waals surface area contributed by atoms with Crippen LogP contribution in [0.15, 0.2) is 6.07 Å². The number of carbonyl (C=O) groups excluding carboxylic acids is 1. The van der Waals surface area contributed by atoms with Crippen molar-refractivity contribution in [1.82, 2.24) is 30.4 Å². The van der Waals surface area contributed by atoms with Crippen LogP contribution in [0.1, 0.15) is 53.1 Å². The summed E-state index contributed by atoms with van der Waals surface area (Å²) in [6, 6.07) is 1.85. The van der Waals surface area contributed by atoms with E-state index in [1.54, 1.807) is 0 Å². The third-order valence-corrected chi connectivity index (χ3v) is 4.69. The van der Waals surface area contributed by atoms with Crippen LogP contribution in [0, 0.1) is 0 Å². The van der Waals surface area contributed by atoms with Gasteiger partial charge in [0.2, 0.25) is 0 Å². The predicted octanol–water partition coefficient (Wildman–Crippen LogP) is 1.20. The molecule has 23 heavy (non-hydrogen) atoms. The molecule has 0 saturated heterocycles. The molecule has 0 aliphatic carbocycles. The quantitative estimate of drug-likeness (QED) is 0.889. The second kappa shape index (κ2) is 5.42. The van der Waals surface area contributed by atoms with E-state index in [-0.39, 0.29) is 5.91 Å². The number of rotatable bonds is 3. The highest BCUT2D eigenvalue weighted by Crippen LogP contribution is 2.30. The molecule has 0 bridgehead atoms. The summed E-state index contributed by atoms with van der Waals surface area (Å²) < 4.78 is 2.15. The van der Waals surface area contributed by atoms with E-state index in [4.69, 9.17) is 4.98 Å². The van der Waals surface area contributed by atoms with Crippen LogP contribution in [0.2, 0.25) is 0 Å². The van der Waals surface area contributed by atoms with Crippen molar-refractivity contribution in [1.29, 1.82) is 0 Å². The molecule has 120 valence electrons. The highest BCUT2D eigenvalue weighted by molar-refractivity contribution is 5.99. The molecule has 2 aliphatic rings. The van der Waals surface area contributed by atoms with E-state index < -0.39 is 0 Å². The first-order valence-corrected chi connectivity index (χ1v) is 8.08.